The summed E-state index contributed by atoms with van der Waals surface area (Å²) in [5, 5.41) is 82.3. The molecule has 5 atom stereocenters. The molecule has 9 aromatic carbocycles. The lowest BCUT2D eigenvalue weighted by molar-refractivity contribution is -0.174. The van der Waals surface area contributed by atoms with Crippen molar-refractivity contribution in [1.82, 2.24) is 55.3 Å². The zero-order valence-electron chi connectivity index (χ0n) is 75.5. The predicted molar refractivity (Wildman–Crippen MR) is 557 cm³/mol. The number of nitrogens with zero attached hydrogens (tertiary/aromatic N) is 7. The monoisotopic (exact) mass is 2050 g/mol. The minimum atomic E-state index is -1.43. The average Bonchev–Trinajstić information content (AvgIpc) is 1.72. The van der Waals surface area contributed by atoms with E-state index in [1.54, 1.807) is 91.5 Å². The van der Waals surface area contributed by atoms with Crippen LogP contribution < -0.4 is 16.4 Å². The molecule has 12 N–H and O–H groups in total. The number of carbonyl (C=O) groups is 7. The highest BCUT2D eigenvalue weighted by molar-refractivity contribution is 6.61. The Bertz CT molecular complexity index is 5740. The Hall–Kier alpha value is -10.4. The number of aldehydes is 1. The molecule has 40 heteroatoms. The Labute approximate surface area is 854 Å². The number of hydrogen-bond donors (Lipinski definition) is 11. The Morgan fingerprint density at radius 3 is 1.27 bits per heavy atom. The van der Waals surface area contributed by atoms with Crippen molar-refractivity contribution < 1.29 is 78.2 Å². The van der Waals surface area contributed by atoms with Gasteiger partial charge in [0.05, 0.1) is 36.6 Å². The zero-order valence-corrected chi connectivity index (χ0v) is 81.6. The number of nitrogens with one attached hydrogen (secondary N) is 4. The van der Waals surface area contributed by atoms with Gasteiger partial charge < -0.3 is 75.4 Å². The molecule has 5 unspecified atom stereocenters. The first kappa shape index (κ1) is 119. The number of rotatable bonds is 20. The van der Waals surface area contributed by atoms with Crippen molar-refractivity contribution in [3.8, 4) is 12.3 Å². The van der Waals surface area contributed by atoms with E-state index in [9.17, 15) is 49.2 Å². The molecule has 5 aliphatic rings. The first-order valence-corrected chi connectivity index (χ1v) is 46.3. The summed E-state index contributed by atoms with van der Waals surface area (Å²) in [4.78, 5) is 87.4. The Morgan fingerprint density at radius 1 is 0.496 bits per heavy atom. The number of aliphatic carboxylic acids is 2. The number of carboxylic acid groups (broad SMARTS) is 2. The van der Waals surface area contributed by atoms with Crippen LogP contribution in [0.15, 0.2) is 225 Å². The molecule has 11 aromatic rings. The quantitative estimate of drug-likeness (QED) is 0.00642. The topological polar surface area (TPSA) is 392 Å². The van der Waals surface area contributed by atoms with Crippen LogP contribution in [0.5, 0.6) is 0 Å². The van der Waals surface area contributed by atoms with E-state index in [-0.39, 0.29) is 65.6 Å². The molecule has 28 nitrogen and oxygen atoms in total. The van der Waals surface area contributed by atoms with Crippen molar-refractivity contribution in [2.45, 2.75) is 138 Å². The fraction of sp³-hybridized carbons (Fsp3) is 0.303. The van der Waals surface area contributed by atoms with E-state index < -0.39 is 69.8 Å². The van der Waals surface area contributed by atoms with Crippen LogP contribution in [0.2, 0.25) is 62.5 Å². The molecule has 0 radical (unpaired) electrons. The van der Waals surface area contributed by atoms with Crippen LogP contribution in [0.1, 0.15) is 142 Å². The number of nitrogens with two attached hydrogens (primary N) is 1. The zero-order chi connectivity index (χ0) is 99.1. The Kier molecular flexibility index (Phi) is 52.5. The normalized spacial score (nSPS) is 15.5. The van der Waals surface area contributed by atoms with Gasteiger partial charge in [0.1, 0.15) is 25.3 Å². The minimum absolute atomic E-state index is 0. The number of amides is 2. The van der Waals surface area contributed by atoms with Crippen LogP contribution in [0.4, 0.5) is 9.59 Å². The van der Waals surface area contributed by atoms with Crippen molar-refractivity contribution in [1.29, 1.82) is 0 Å². The van der Waals surface area contributed by atoms with E-state index in [0.717, 1.165) is 123 Å². The van der Waals surface area contributed by atoms with Crippen LogP contribution in [0, 0.1) is 12.3 Å². The van der Waals surface area contributed by atoms with Gasteiger partial charge in [-0.15, -0.1) is 6.42 Å². The van der Waals surface area contributed by atoms with Crippen molar-refractivity contribution in [2.75, 3.05) is 60.0 Å². The second-order valence-corrected chi connectivity index (χ2v) is 34.7. The number of carboxylic acids is 2. The number of H-pyrrole nitrogens is 2. The smallest absolute Gasteiger partial charge is 0.407 e. The number of terminal acetylenes is 1. The molecule has 0 aliphatic carbocycles. The number of benzene rings is 9. The summed E-state index contributed by atoms with van der Waals surface area (Å²) >= 11 is 46.5. The first-order valence-electron chi connectivity index (χ1n) is 43.3. The molecule has 0 saturated carbocycles. The number of Topliss-reactive ketones (excluding diaryl/α,β-unsaturated/α-hetero) is 1. The fourth-order valence-corrected chi connectivity index (χ4v) is 17.1. The van der Waals surface area contributed by atoms with Gasteiger partial charge in [0.25, 0.3) is 5.91 Å². The SMILES string of the molecule is C.C.C.C#CC(=O)C1c2ccc(Cl)cc2CCN1B(C)O.CB(O)N1CCc2cc(Cl)ccc2C1C(=O)O.CB(O)N1CCc2cc(Cl)ccc2C1c1ccn[nH]1.CON(C)C(=O)C1c2ccc(Cl)cc2CCN1B(C)O.Clc1ccc2c(c1)CCNC2c1ccn[nH]1.NCCc1cccc(Cl)c1.O=C(Cl)OCc1ccccc1.O=C(NCCc1cccc(Cl)c1)OCc1ccccc1.O=CC(=O)O. The maximum atomic E-state index is 12.5. The van der Waals surface area contributed by atoms with Gasteiger partial charge in [-0.1, -0.05) is 219 Å². The molecular weight excluding hydrogens is 1940 g/mol. The van der Waals surface area contributed by atoms with Crippen molar-refractivity contribution in [2.24, 2.45) is 5.73 Å². The van der Waals surface area contributed by atoms with E-state index in [4.69, 9.17) is 129 Å². The summed E-state index contributed by atoms with van der Waals surface area (Å²) in [7, 11) is 0.300. The van der Waals surface area contributed by atoms with E-state index in [2.05, 4.69) is 58.6 Å². The van der Waals surface area contributed by atoms with Crippen LogP contribution in [0.3, 0.4) is 0 Å². The summed E-state index contributed by atoms with van der Waals surface area (Å²) in [6.07, 6.45) is 13.9. The molecule has 0 saturated heterocycles. The van der Waals surface area contributed by atoms with Gasteiger partial charge in [0, 0.05) is 79.3 Å². The van der Waals surface area contributed by atoms with E-state index in [0.29, 0.717) is 64.8 Å². The second kappa shape index (κ2) is 61.3. The number of hydrogen-bond acceptors (Lipinski definition) is 22. The number of hydroxylamine groups is 2. The number of carbonyl (C=O) groups excluding carboxylic acids is 5. The van der Waals surface area contributed by atoms with Crippen LogP contribution in [-0.2, 0) is 96.4 Å². The molecule has 0 bridgehead atoms. The van der Waals surface area contributed by atoms with Gasteiger partial charge in [-0.25, -0.2) is 19.4 Å². The molecular formula is C99H118B4Cl8N12O16. The third-order valence-electron chi connectivity index (χ3n) is 22.1. The minimum Gasteiger partial charge on any atom is -0.480 e. The standard InChI is InChI=1S/C16H16ClNO2.C13H15BClN3O.C13H18BClN2O3.C13H13BClNO2.C12H12ClN3.C11H13BClNO3.C8H10ClN.C8H7ClO2.C2H2O3.3CH4/c17-15-8-4-7-13(11-15)9-10-18-16(19)20-12-14-5-2-1-3-6-14;1-14(19)18-7-5-9-8-10(15)2-3-11(9)13(18)12-4-6-16-17-12;1-14(19)17-7-6-9-8-10(15)4-5-11(9)12(17)13(18)16(2)20-3;1-3-12(17)13-11-5-4-10(15)8-9(11)6-7-16(13)14(2)18;13-9-1-2-10-8(7-9)3-5-14-12(10)11-4-6-15-16-11;1-12(17)14-5-4-7-6-8(13)2-3-9(7)10(14)11(15)16;9-8-3-1-2-7(6-8)4-5-10;9-8(10)11-6-7-4-2-1-3-5-7;3-1-2(4)5;;;/h1-8,11H,9-10,12H2,(H,18,19);2-4,6,8,13,19H,5,7H2,1H3,(H,16,17);4-5,8,12,19H,6-7H2,1-3H3;1,4-5,8,13,18H,6-7H2,2H3;1-2,4,6-7,12,14H,3,5H2,(H,15,16);2-3,6,10,17H,4-5H2,1H3,(H,15,16);1-3,6H,4-5,10H2;1-5H,6H2;1H,(H,4,5);3*1H4. The molecule has 2 aromatic heterocycles. The highest BCUT2D eigenvalue weighted by Gasteiger charge is 2.41. The van der Waals surface area contributed by atoms with Crippen LogP contribution in [0.25, 0.3) is 0 Å². The summed E-state index contributed by atoms with van der Waals surface area (Å²) in [6.45, 7) is 11.9. The number of aromatic nitrogens is 4. The largest absolute Gasteiger partial charge is 0.480 e. The summed E-state index contributed by atoms with van der Waals surface area (Å²) in [5.41, 5.74) is 21.4. The number of likely N-dealkylation sites (N-methyl/N-ethyl adjacent to an activating group) is 1. The predicted octanol–water partition coefficient (Wildman–Crippen LogP) is 18.2. The average molecular weight is 2060 g/mol. The maximum Gasteiger partial charge on any atom is 0.407 e. The molecule has 0 spiro atoms. The summed E-state index contributed by atoms with van der Waals surface area (Å²) in [5.74, 6) is -0.771. The fourth-order valence-electron chi connectivity index (χ4n) is 15.6. The highest BCUT2D eigenvalue weighted by Crippen LogP contribution is 2.39. The number of ether oxygens (including phenoxy) is 2. The maximum absolute atomic E-state index is 12.5. The van der Waals surface area contributed by atoms with Crippen molar-refractivity contribution in [3.05, 3.63) is 349 Å². The molecule has 16 rings (SSSR count). The third-order valence-corrected chi connectivity index (χ3v) is 23.8. The van der Waals surface area contributed by atoms with Gasteiger partial charge in [-0.2, -0.15) is 10.2 Å². The van der Waals surface area contributed by atoms with Gasteiger partial charge >= 0.3 is 51.7 Å². The van der Waals surface area contributed by atoms with E-state index in [1.165, 1.54) is 40.0 Å². The van der Waals surface area contributed by atoms with Crippen molar-refractivity contribution in [3.63, 3.8) is 0 Å². The van der Waals surface area contributed by atoms with Crippen LogP contribution >= 0.6 is 92.8 Å². The summed E-state index contributed by atoms with van der Waals surface area (Å²) in [6, 6.07) is 64.7. The molecule has 738 valence electrons. The molecule has 0 fully saturated rings. The van der Waals surface area contributed by atoms with Gasteiger partial charge in [0.2, 0.25) is 12.1 Å². The Balaban J connectivity index is 0.000000279. The number of fused-ring (bicyclic) bond motifs is 5. The lowest BCUT2D eigenvalue weighted by Crippen LogP contribution is -2.50. The van der Waals surface area contributed by atoms with Gasteiger partial charge in [-0.3, -0.25) is 34.2 Å². The molecule has 5 aliphatic heterocycles. The van der Waals surface area contributed by atoms with E-state index >= 15 is 0 Å². The third kappa shape index (κ3) is 37.5. The molecule has 139 heavy (non-hydrogen) atoms. The molecule has 2 amide bonds. The first-order chi connectivity index (χ1) is 65.1. The number of ketones is 1. The molecule has 7 heterocycles. The van der Waals surface area contributed by atoms with E-state index in [1.807, 2.05) is 170 Å². The number of alkyl carbamates (subject to hydrolysis) is 1. The second-order valence-electron chi connectivity index (χ2n) is 31.3. The number of halogens is 8. The highest BCUT2D eigenvalue weighted by atomic mass is 35.5. The lowest BCUT2D eigenvalue weighted by Gasteiger charge is -2.38. The van der Waals surface area contributed by atoms with Gasteiger partial charge in [0.15, 0.2) is 0 Å². The van der Waals surface area contributed by atoms with Crippen LogP contribution in [-0.4, -0.2) is 205 Å². The number of aromatic amines is 2. The Morgan fingerprint density at radius 2 is 0.871 bits per heavy atom. The summed E-state index contributed by atoms with van der Waals surface area (Å²) < 4.78 is 9.67. The van der Waals surface area contributed by atoms with Gasteiger partial charge in [-0.05, 0) is 286 Å². The lowest BCUT2D eigenvalue weighted by atomic mass is 9.77. The van der Waals surface area contributed by atoms with Crippen molar-refractivity contribution >= 4 is 162 Å².